The molecule has 174 valence electrons. The normalized spacial score (nSPS) is 20.5. The Kier molecular flexibility index (Phi) is 5.05. The van der Waals surface area contributed by atoms with Gasteiger partial charge in [-0.15, -0.1) is 0 Å². The van der Waals surface area contributed by atoms with Gasteiger partial charge in [-0.1, -0.05) is 12.6 Å². The van der Waals surface area contributed by atoms with Crippen molar-refractivity contribution in [3.05, 3.63) is 53.2 Å². The van der Waals surface area contributed by atoms with E-state index in [1.165, 1.54) is 6.08 Å². The second-order valence-electron chi connectivity index (χ2n) is 10.7. The van der Waals surface area contributed by atoms with E-state index in [-0.39, 0.29) is 22.7 Å². The minimum Gasteiger partial charge on any atom is -0.508 e. The fourth-order valence-corrected chi connectivity index (χ4v) is 5.76. The van der Waals surface area contributed by atoms with Crippen molar-refractivity contribution in [3.8, 4) is 16.9 Å². The van der Waals surface area contributed by atoms with Crippen molar-refractivity contribution in [2.45, 2.75) is 52.7 Å². The van der Waals surface area contributed by atoms with Crippen LogP contribution < -0.4 is 4.90 Å². The fourth-order valence-electron chi connectivity index (χ4n) is 5.76. The maximum Gasteiger partial charge on any atom is 0.245 e. The lowest BCUT2D eigenvalue weighted by Gasteiger charge is -2.47. The molecule has 0 aliphatic carbocycles. The number of pyridine rings is 1. The number of aromatic nitrogens is 1. The molecule has 3 aliphatic heterocycles. The van der Waals surface area contributed by atoms with Gasteiger partial charge < -0.3 is 19.6 Å². The summed E-state index contributed by atoms with van der Waals surface area (Å²) in [6.45, 7) is 16.0. The topological polar surface area (TPSA) is 65.9 Å². The number of rotatable bonds is 3. The van der Waals surface area contributed by atoms with E-state index in [2.05, 4.69) is 39.2 Å². The summed E-state index contributed by atoms with van der Waals surface area (Å²) in [6.07, 6.45) is 3.21. The van der Waals surface area contributed by atoms with Crippen LogP contribution in [-0.4, -0.2) is 52.7 Å². The zero-order chi connectivity index (χ0) is 23.5. The summed E-state index contributed by atoms with van der Waals surface area (Å²) >= 11 is 0. The number of carbonyl (C=O) groups is 1. The maximum atomic E-state index is 12.0. The minimum atomic E-state index is -0.260. The lowest BCUT2D eigenvalue weighted by Crippen LogP contribution is -2.59. The first-order chi connectivity index (χ1) is 15.6. The summed E-state index contributed by atoms with van der Waals surface area (Å²) in [5.41, 5.74) is 6.52. The average Bonchev–Trinajstić information content (AvgIpc) is 3.19. The molecule has 2 aromatic rings. The van der Waals surface area contributed by atoms with Crippen molar-refractivity contribution in [1.82, 2.24) is 9.88 Å². The van der Waals surface area contributed by atoms with Crippen molar-refractivity contribution in [2.75, 3.05) is 31.1 Å². The molecular formula is C27H33N3O3. The molecule has 1 N–H and O–H groups in total. The Bertz CT molecular complexity index is 1150. The molecule has 6 nitrogen and oxygen atoms in total. The summed E-state index contributed by atoms with van der Waals surface area (Å²) in [5, 5.41) is 10.3. The van der Waals surface area contributed by atoms with Crippen LogP contribution in [0.15, 0.2) is 30.9 Å². The number of likely N-dealkylation sites (tertiary alicyclic amines) is 1. The molecule has 0 unspecified atom stereocenters. The summed E-state index contributed by atoms with van der Waals surface area (Å²) in [7, 11) is 0. The molecule has 4 heterocycles. The largest absolute Gasteiger partial charge is 0.508 e. The highest BCUT2D eigenvalue weighted by Gasteiger charge is 2.49. The molecule has 1 aromatic carbocycles. The highest BCUT2D eigenvalue weighted by Crippen LogP contribution is 2.45. The third-order valence-electron chi connectivity index (χ3n) is 7.57. The SMILES string of the molecule is C=CC(=O)N1CC2(CCN(c3nc4c(c(-c5cc(O)ccc5C)c3C)COC(C)(C)C4)C2)C1. The monoisotopic (exact) mass is 447 g/mol. The van der Waals surface area contributed by atoms with Crippen molar-refractivity contribution in [1.29, 1.82) is 0 Å². The molecule has 3 aliphatic rings. The second kappa shape index (κ2) is 7.59. The van der Waals surface area contributed by atoms with Gasteiger partial charge in [-0.2, -0.15) is 0 Å². The Balaban J connectivity index is 1.56. The molecule has 2 fully saturated rings. The molecule has 5 rings (SSSR count). The van der Waals surface area contributed by atoms with Crippen molar-refractivity contribution in [3.63, 3.8) is 0 Å². The van der Waals surface area contributed by atoms with Crippen LogP contribution in [0.1, 0.15) is 42.7 Å². The predicted molar refractivity (Wildman–Crippen MR) is 129 cm³/mol. The Morgan fingerprint density at radius 3 is 2.73 bits per heavy atom. The smallest absolute Gasteiger partial charge is 0.245 e. The molecule has 0 atom stereocenters. The molecule has 33 heavy (non-hydrogen) atoms. The number of nitrogens with zero attached hydrogens (tertiary/aromatic N) is 3. The van der Waals surface area contributed by atoms with Crippen LogP contribution in [0.4, 0.5) is 5.82 Å². The fraction of sp³-hybridized carbons (Fsp3) is 0.481. The molecule has 0 bridgehead atoms. The van der Waals surface area contributed by atoms with Gasteiger partial charge in [0.1, 0.15) is 11.6 Å². The highest BCUT2D eigenvalue weighted by molar-refractivity contribution is 5.88. The molecule has 0 saturated carbocycles. The summed E-state index contributed by atoms with van der Waals surface area (Å²) in [5.74, 6) is 1.31. The number of benzene rings is 1. The predicted octanol–water partition coefficient (Wildman–Crippen LogP) is 4.15. The molecule has 1 aromatic heterocycles. The summed E-state index contributed by atoms with van der Waals surface area (Å²) < 4.78 is 6.19. The maximum absolute atomic E-state index is 12.0. The van der Waals surface area contributed by atoms with Crippen molar-refractivity contribution < 1.29 is 14.6 Å². The van der Waals surface area contributed by atoms with Gasteiger partial charge in [0, 0.05) is 43.6 Å². The zero-order valence-electron chi connectivity index (χ0n) is 20.1. The van der Waals surface area contributed by atoms with Crippen LogP contribution in [0.5, 0.6) is 5.75 Å². The van der Waals surface area contributed by atoms with Crippen molar-refractivity contribution in [2.24, 2.45) is 5.41 Å². The number of fused-ring (bicyclic) bond motifs is 1. The van der Waals surface area contributed by atoms with E-state index in [9.17, 15) is 9.90 Å². The van der Waals surface area contributed by atoms with Crippen LogP contribution in [0.2, 0.25) is 0 Å². The van der Waals surface area contributed by atoms with Gasteiger partial charge in [-0.25, -0.2) is 4.98 Å². The third-order valence-corrected chi connectivity index (χ3v) is 7.57. The summed E-state index contributed by atoms with van der Waals surface area (Å²) in [6, 6.07) is 5.56. The van der Waals surface area contributed by atoms with Crippen molar-refractivity contribution >= 4 is 11.7 Å². The van der Waals surface area contributed by atoms with E-state index in [4.69, 9.17) is 9.72 Å². The van der Waals surface area contributed by atoms with E-state index in [0.717, 1.165) is 78.3 Å². The van der Waals surface area contributed by atoms with Gasteiger partial charge in [-0.05, 0) is 74.6 Å². The van der Waals surface area contributed by atoms with E-state index < -0.39 is 0 Å². The zero-order valence-corrected chi connectivity index (χ0v) is 20.1. The Morgan fingerprint density at radius 2 is 2.00 bits per heavy atom. The lowest BCUT2D eigenvalue weighted by atomic mass is 9.79. The molecule has 2 saturated heterocycles. The average molecular weight is 448 g/mol. The van der Waals surface area contributed by atoms with Gasteiger partial charge in [-0.3, -0.25) is 4.79 Å². The van der Waals surface area contributed by atoms with E-state index >= 15 is 0 Å². The van der Waals surface area contributed by atoms with Crippen LogP contribution in [0.3, 0.4) is 0 Å². The van der Waals surface area contributed by atoms with Gasteiger partial charge in [0.25, 0.3) is 0 Å². The Morgan fingerprint density at radius 1 is 1.24 bits per heavy atom. The van der Waals surface area contributed by atoms with E-state index in [1.807, 2.05) is 17.0 Å². The van der Waals surface area contributed by atoms with E-state index in [0.29, 0.717) is 6.61 Å². The Hall–Kier alpha value is -2.86. The second-order valence-corrected chi connectivity index (χ2v) is 10.7. The first-order valence-electron chi connectivity index (χ1n) is 11.7. The highest BCUT2D eigenvalue weighted by atomic mass is 16.5. The lowest BCUT2D eigenvalue weighted by molar-refractivity contribution is -0.136. The molecule has 1 amide bonds. The number of aromatic hydroxyl groups is 1. The number of phenolic OH excluding ortho intramolecular Hbond substituents is 1. The number of hydrogen-bond acceptors (Lipinski definition) is 5. The number of anilines is 1. The van der Waals surface area contributed by atoms with Crippen LogP contribution in [0.25, 0.3) is 11.1 Å². The van der Waals surface area contributed by atoms with Gasteiger partial charge in [0.05, 0.1) is 17.9 Å². The molecular weight excluding hydrogens is 414 g/mol. The van der Waals surface area contributed by atoms with Crippen LogP contribution in [-0.2, 0) is 22.6 Å². The quantitative estimate of drug-likeness (QED) is 0.716. The first-order valence-corrected chi connectivity index (χ1v) is 11.7. The minimum absolute atomic E-state index is 0.0195. The standard InChI is InChI=1S/C27H33N3O3/c1-6-23(32)30-15-27(16-30)9-10-29(14-27)25-18(3)24(20-11-19(31)8-7-17(20)2)21-13-33-26(4,5)12-22(21)28-25/h6-8,11,31H,1,9-10,12-16H2,2-5H3. The molecule has 0 radical (unpaired) electrons. The number of carbonyl (C=O) groups excluding carboxylic acids is 1. The van der Waals surface area contributed by atoms with E-state index in [1.54, 1.807) is 6.07 Å². The Labute approximate surface area is 195 Å². The van der Waals surface area contributed by atoms with Gasteiger partial charge in [0.2, 0.25) is 5.91 Å². The first kappa shape index (κ1) is 22.0. The van der Waals surface area contributed by atoms with Crippen LogP contribution in [0, 0.1) is 19.3 Å². The number of amides is 1. The van der Waals surface area contributed by atoms with Gasteiger partial charge >= 0.3 is 0 Å². The molecule has 6 heteroatoms. The number of aryl methyl sites for hydroxylation is 1. The molecule has 1 spiro atoms. The third kappa shape index (κ3) is 3.70. The summed E-state index contributed by atoms with van der Waals surface area (Å²) in [4.78, 5) is 21.5. The number of hydrogen-bond donors (Lipinski definition) is 1. The van der Waals surface area contributed by atoms with Crippen LogP contribution >= 0.6 is 0 Å². The number of ether oxygens (including phenoxy) is 1. The number of phenols is 1. The van der Waals surface area contributed by atoms with Gasteiger partial charge in [0.15, 0.2) is 0 Å².